The Balaban J connectivity index is 3.02. The van der Waals surface area contributed by atoms with Crippen LogP contribution in [0.5, 0.6) is 5.75 Å². The summed E-state index contributed by atoms with van der Waals surface area (Å²) in [4.78, 5) is 22.4. The van der Waals surface area contributed by atoms with Gasteiger partial charge in [0.15, 0.2) is 0 Å². The number of ether oxygens (including phenoxy) is 2. The van der Waals surface area contributed by atoms with E-state index in [4.69, 9.17) is 4.74 Å². The monoisotopic (exact) mass is 250 g/mol. The van der Waals surface area contributed by atoms with E-state index in [0.717, 1.165) is 6.08 Å². The molecule has 1 N–H and O–H groups in total. The summed E-state index contributed by atoms with van der Waals surface area (Å²) in [6.45, 7) is 1.90. The van der Waals surface area contributed by atoms with Gasteiger partial charge in [0, 0.05) is 11.6 Å². The van der Waals surface area contributed by atoms with Crippen LogP contribution in [0.25, 0.3) is 6.08 Å². The number of benzene rings is 1. The number of hydrogen-bond donors (Lipinski definition) is 1. The van der Waals surface area contributed by atoms with Crippen molar-refractivity contribution in [3.8, 4) is 5.75 Å². The molecule has 0 atom stereocenters. The number of methoxy groups -OCH3 is 1. The maximum Gasteiger partial charge on any atom is 0.341 e. The van der Waals surface area contributed by atoms with E-state index in [1.54, 1.807) is 19.1 Å². The van der Waals surface area contributed by atoms with E-state index in [0.29, 0.717) is 5.56 Å². The number of carbonyl (C=O) groups is 2. The molecule has 18 heavy (non-hydrogen) atoms. The molecule has 1 rings (SSSR count). The summed E-state index contributed by atoms with van der Waals surface area (Å²) in [5.74, 6) is -1.38. The number of para-hydroxylation sites is 1. The fourth-order valence-electron chi connectivity index (χ4n) is 1.30. The fourth-order valence-corrected chi connectivity index (χ4v) is 1.30. The highest BCUT2D eigenvalue weighted by Gasteiger charge is 2.13. The lowest BCUT2D eigenvalue weighted by Gasteiger charge is -2.06. The van der Waals surface area contributed by atoms with Crippen LogP contribution in [-0.4, -0.2) is 30.8 Å². The van der Waals surface area contributed by atoms with Crippen molar-refractivity contribution in [3.63, 3.8) is 0 Å². The smallest absolute Gasteiger partial charge is 0.341 e. The molecule has 0 saturated carbocycles. The molecule has 1 aromatic rings. The van der Waals surface area contributed by atoms with Crippen molar-refractivity contribution in [2.45, 2.75) is 6.92 Å². The molecule has 96 valence electrons. The first-order valence-electron chi connectivity index (χ1n) is 5.35. The average Bonchev–Trinajstić information content (AvgIpc) is 2.37. The summed E-state index contributed by atoms with van der Waals surface area (Å²) in [5, 5.41) is 9.87. The van der Waals surface area contributed by atoms with Crippen LogP contribution in [0.2, 0.25) is 0 Å². The van der Waals surface area contributed by atoms with Crippen LogP contribution in [0.4, 0.5) is 0 Å². The van der Waals surface area contributed by atoms with Crippen LogP contribution >= 0.6 is 0 Å². The minimum absolute atomic E-state index is 0.0591. The highest BCUT2D eigenvalue weighted by Crippen LogP contribution is 2.24. The SMILES string of the molecule is CCOC(=O)c1cccc(/C=C/C(=O)OC)c1O. The fraction of sp³-hybridized carbons (Fsp3) is 0.231. The molecule has 0 spiro atoms. The average molecular weight is 250 g/mol. The van der Waals surface area contributed by atoms with Gasteiger partial charge in [-0.2, -0.15) is 0 Å². The Morgan fingerprint density at radius 3 is 2.72 bits per heavy atom. The first-order valence-corrected chi connectivity index (χ1v) is 5.35. The predicted molar refractivity (Wildman–Crippen MR) is 65.1 cm³/mol. The van der Waals surface area contributed by atoms with E-state index in [2.05, 4.69) is 4.74 Å². The van der Waals surface area contributed by atoms with Crippen molar-refractivity contribution >= 4 is 18.0 Å². The third-order valence-electron chi connectivity index (χ3n) is 2.16. The van der Waals surface area contributed by atoms with Crippen molar-refractivity contribution in [1.82, 2.24) is 0 Å². The summed E-state index contributed by atoms with van der Waals surface area (Å²) >= 11 is 0. The zero-order chi connectivity index (χ0) is 13.5. The molecule has 0 heterocycles. The van der Waals surface area contributed by atoms with Gasteiger partial charge >= 0.3 is 11.9 Å². The Morgan fingerprint density at radius 1 is 1.39 bits per heavy atom. The molecule has 0 aliphatic heterocycles. The molecule has 0 aliphatic carbocycles. The Kier molecular flexibility index (Phi) is 4.92. The molecule has 0 aromatic heterocycles. The second-order valence-electron chi connectivity index (χ2n) is 3.32. The van der Waals surface area contributed by atoms with E-state index in [9.17, 15) is 14.7 Å². The Hall–Kier alpha value is -2.30. The van der Waals surface area contributed by atoms with E-state index in [-0.39, 0.29) is 17.9 Å². The lowest BCUT2D eigenvalue weighted by molar-refractivity contribution is -0.134. The van der Waals surface area contributed by atoms with Crippen LogP contribution in [0, 0.1) is 0 Å². The summed E-state index contributed by atoms with van der Waals surface area (Å²) < 4.78 is 9.22. The number of carbonyl (C=O) groups excluding carboxylic acids is 2. The normalized spacial score (nSPS) is 10.3. The zero-order valence-corrected chi connectivity index (χ0v) is 10.2. The number of esters is 2. The van der Waals surface area contributed by atoms with Crippen LogP contribution in [0.15, 0.2) is 24.3 Å². The van der Waals surface area contributed by atoms with Crippen molar-refractivity contribution in [2.75, 3.05) is 13.7 Å². The topological polar surface area (TPSA) is 72.8 Å². The van der Waals surface area contributed by atoms with Gasteiger partial charge < -0.3 is 14.6 Å². The highest BCUT2D eigenvalue weighted by atomic mass is 16.5. The number of aromatic hydroxyl groups is 1. The Labute approximate surface area is 105 Å². The molecular formula is C13H14O5. The lowest BCUT2D eigenvalue weighted by Crippen LogP contribution is -2.05. The van der Waals surface area contributed by atoms with Crippen molar-refractivity contribution in [2.24, 2.45) is 0 Å². The van der Waals surface area contributed by atoms with Gasteiger partial charge in [-0.15, -0.1) is 0 Å². The van der Waals surface area contributed by atoms with Gasteiger partial charge in [-0.25, -0.2) is 9.59 Å². The molecule has 0 bridgehead atoms. The van der Waals surface area contributed by atoms with Crippen LogP contribution in [0.3, 0.4) is 0 Å². The Bertz CT molecular complexity index is 476. The second kappa shape index (κ2) is 6.44. The summed E-state index contributed by atoms with van der Waals surface area (Å²) in [5.41, 5.74) is 0.398. The maximum absolute atomic E-state index is 11.5. The minimum atomic E-state index is -0.608. The number of hydrogen-bond acceptors (Lipinski definition) is 5. The molecule has 0 amide bonds. The molecule has 0 fully saturated rings. The van der Waals surface area contributed by atoms with Crippen LogP contribution in [-0.2, 0) is 14.3 Å². The number of rotatable bonds is 4. The summed E-state index contributed by atoms with van der Waals surface area (Å²) in [6, 6.07) is 4.60. The molecule has 5 nitrogen and oxygen atoms in total. The van der Waals surface area contributed by atoms with E-state index in [1.165, 1.54) is 19.3 Å². The van der Waals surface area contributed by atoms with Crippen LogP contribution in [0.1, 0.15) is 22.8 Å². The van der Waals surface area contributed by atoms with Gasteiger partial charge in [0.25, 0.3) is 0 Å². The third kappa shape index (κ3) is 3.35. The Morgan fingerprint density at radius 2 is 2.11 bits per heavy atom. The van der Waals surface area contributed by atoms with Crippen molar-refractivity contribution in [1.29, 1.82) is 0 Å². The molecule has 0 aliphatic rings. The summed E-state index contributed by atoms with van der Waals surface area (Å²) in [7, 11) is 1.25. The molecule has 1 aromatic carbocycles. The molecule has 0 saturated heterocycles. The first kappa shape index (κ1) is 13.8. The van der Waals surface area contributed by atoms with Gasteiger partial charge in [-0.1, -0.05) is 12.1 Å². The minimum Gasteiger partial charge on any atom is -0.506 e. The van der Waals surface area contributed by atoms with Crippen LogP contribution < -0.4 is 0 Å². The number of phenols is 1. The van der Waals surface area contributed by atoms with Crippen molar-refractivity contribution < 1.29 is 24.2 Å². The van der Waals surface area contributed by atoms with Gasteiger partial charge in [0.1, 0.15) is 11.3 Å². The van der Waals surface area contributed by atoms with Gasteiger partial charge in [0.05, 0.1) is 13.7 Å². The second-order valence-corrected chi connectivity index (χ2v) is 3.32. The third-order valence-corrected chi connectivity index (χ3v) is 2.16. The number of phenolic OH excluding ortho intramolecular Hbond substituents is 1. The van der Waals surface area contributed by atoms with Gasteiger partial charge in [0.2, 0.25) is 0 Å². The quantitative estimate of drug-likeness (QED) is 0.651. The van der Waals surface area contributed by atoms with E-state index < -0.39 is 11.9 Å². The first-order chi connectivity index (χ1) is 8.60. The largest absolute Gasteiger partial charge is 0.506 e. The van der Waals surface area contributed by atoms with Gasteiger partial charge in [-0.05, 0) is 19.1 Å². The standard InChI is InChI=1S/C13H14O5/c1-3-18-13(16)10-6-4-5-9(12(10)15)7-8-11(14)17-2/h4-8,15H,3H2,1-2H3/b8-7+. The predicted octanol–water partition coefficient (Wildman–Crippen LogP) is 1.76. The molecule has 0 unspecified atom stereocenters. The molecule has 5 heteroatoms. The van der Waals surface area contributed by atoms with E-state index in [1.807, 2.05) is 0 Å². The zero-order valence-electron chi connectivity index (χ0n) is 10.2. The van der Waals surface area contributed by atoms with E-state index >= 15 is 0 Å². The summed E-state index contributed by atoms with van der Waals surface area (Å²) in [6.07, 6.45) is 2.52. The lowest BCUT2D eigenvalue weighted by atomic mass is 10.1. The highest BCUT2D eigenvalue weighted by molar-refractivity contribution is 5.95. The van der Waals surface area contributed by atoms with Gasteiger partial charge in [-0.3, -0.25) is 0 Å². The molecular weight excluding hydrogens is 236 g/mol. The molecule has 0 radical (unpaired) electrons. The maximum atomic E-state index is 11.5. The van der Waals surface area contributed by atoms with Crippen molar-refractivity contribution in [3.05, 3.63) is 35.4 Å².